The van der Waals surface area contributed by atoms with E-state index >= 15 is 0 Å². The van der Waals surface area contributed by atoms with Crippen LogP contribution in [0.2, 0.25) is 0 Å². The molecule has 0 aliphatic rings. The minimum absolute atomic E-state index is 0.00544. The molecule has 1 atom stereocenters. The average molecular weight is 412 g/mol. The highest BCUT2D eigenvalue weighted by Crippen LogP contribution is 2.34. The summed E-state index contributed by atoms with van der Waals surface area (Å²) < 4.78 is 26.8. The Hall–Kier alpha value is -1.84. The number of halogens is 1. The molecule has 1 heterocycles. The Morgan fingerprint density at radius 1 is 1.26 bits per heavy atom. The molecular formula is C18H26FN5OS2. The van der Waals surface area contributed by atoms with E-state index in [2.05, 4.69) is 14.7 Å². The van der Waals surface area contributed by atoms with E-state index in [-0.39, 0.29) is 17.7 Å². The second-order valence-electron chi connectivity index (χ2n) is 7.02. The van der Waals surface area contributed by atoms with E-state index in [1.54, 1.807) is 6.92 Å². The topological polar surface area (TPSA) is 104 Å². The van der Waals surface area contributed by atoms with Crippen molar-refractivity contribution in [2.24, 2.45) is 9.50 Å². The average Bonchev–Trinajstić information content (AvgIpc) is 2.87. The number of aromatic nitrogens is 1. The molecule has 0 radical (unpaired) electrons. The van der Waals surface area contributed by atoms with Crippen molar-refractivity contribution in [1.29, 1.82) is 4.78 Å². The summed E-state index contributed by atoms with van der Waals surface area (Å²) in [5, 5.41) is 9.59. The van der Waals surface area contributed by atoms with Crippen LogP contribution in [0.25, 0.3) is 0 Å². The van der Waals surface area contributed by atoms with Crippen LogP contribution in [0.4, 0.5) is 14.9 Å². The first-order chi connectivity index (χ1) is 12.4. The Bertz CT molecular complexity index is 959. The lowest BCUT2D eigenvalue weighted by molar-refractivity contribution is 0.260. The predicted octanol–water partition coefficient (Wildman–Crippen LogP) is 5.71. The van der Waals surface area contributed by atoms with Gasteiger partial charge in [0.05, 0.1) is 10.7 Å². The van der Waals surface area contributed by atoms with E-state index < -0.39 is 15.8 Å². The maximum atomic E-state index is 14.0. The van der Waals surface area contributed by atoms with Crippen molar-refractivity contribution in [1.82, 2.24) is 4.98 Å². The zero-order chi connectivity index (χ0) is 20.5. The fourth-order valence-corrected chi connectivity index (χ4v) is 5.32. The van der Waals surface area contributed by atoms with E-state index in [1.165, 1.54) is 23.5 Å². The Kier molecular flexibility index (Phi) is 6.39. The van der Waals surface area contributed by atoms with Crippen molar-refractivity contribution in [2.45, 2.75) is 57.6 Å². The van der Waals surface area contributed by atoms with Gasteiger partial charge in [-0.1, -0.05) is 27.7 Å². The summed E-state index contributed by atoms with van der Waals surface area (Å²) in [4.78, 5) is 16.8. The van der Waals surface area contributed by atoms with Crippen molar-refractivity contribution in [2.75, 3.05) is 5.32 Å². The highest BCUT2D eigenvalue weighted by atomic mass is 32.2. The van der Waals surface area contributed by atoms with Crippen LogP contribution >= 0.6 is 11.3 Å². The maximum absolute atomic E-state index is 14.0. The molecule has 148 valence electrons. The highest BCUT2D eigenvalue weighted by Gasteiger charge is 2.19. The Labute approximate surface area is 164 Å². The number of nitrogens with two attached hydrogens (primary N) is 1. The Morgan fingerprint density at radius 2 is 1.78 bits per heavy atom. The largest absolute Gasteiger partial charge is 0.353 e. The zero-order valence-electron chi connectivity index (χ0n) is 16.4. The van der Waals surface area contributed by atoms with Gasteiger partial charge >= 0.3 is 6.03 Å². The van der Waals surface area contributed by atoms with Gasteiger partial charge < -0.3 is 5.32 Å². The number of nitrogens with zero attached hydrogens (tertiary/aromatic N) is 2. The number of amides is 2. The maximum Gasteiger partial charge on any atom is 0.353 e. The number of anilines is 1. The van der Waals surface area contributed by atoms with Gasteiger partial charge in [0.15, 0.2) is 0 Å². The van der Waals surface area contributed by atoms with Crippen LogP contribution in [0, 0.1) is 24.4 Å². The number of aryl methyl sites for hydroxylation is 2. The quantitative estimate of drug-likeness (QED) is 0.600. The first kappa shape index (κ1) is 21.5. The predicted molar refractivity (Wildman–Crippen MR) is 110 cm³/mol. The fraction of sp³-hybridized carbons (Fsp3) is 0.444. The van der Waals surface area contributed by atoms with Crippen molar-refractivity contribution in [3.8, 4) is 0 Å². The standard InChI is InChI=1S/C18H26FN5OS2/c1-9(2)14-7-13(19)8-15(10(3)4)16(14)23-18(25)24-27(20,21)17-11(5)22-12(6)26-17/h7-10H,1-6H3,(H4,20,21,23,24,25). The molecule has 2 rings (SSSR count). The van der Waals surface area contributed by atoms with Crippen LogP contribution in [0.5, 0.6) is 0 Å². The molecule has 27 heavy (non-hydrogen) atoms. The third kappa shape index (κ3) is 4.91. The Morgan fingerprint density at radius 3 is 2.19 bits per heavy atom. The molecule has 0 saturated carbocycles. The summed E-state index contributed by atoms with van der Waals surface area (Å²) in [7, 11) is -2.92. The van der Waals surface area contributed by atoms with E-state index in [0.29, 0.717) is 26.7 Å². The van der Waals surface area contributed by atoms with E-state index in [4.69, 9.17) is 9.92 Å². The lowest BCUT2D eigenvalue weighted by Gasteiger charge is -2.20. The number of hydrogen-bond donors (Lipinski definition) is 3. The second kappa shape index (κ2) is 8.04. The van der Waals surface area contributed by atoms with Gasteiger partial charge in [0.25, 0.3) is 0 Å². The van der Waals surface area contributed by atoms with Crippen LogP contribution in [-0.2, 0) is 9.81 Å². The molecule has 0 fully saturated rings. The number of carbonyl (C=O) groups excluding carboxylic acids is 1. The molecule has 0 bridgehead atoms. The van der Waals surface area contributed by atoms with Crippen molar-refractivity contribution in [3.63, 3.8) is 0 Å². The smallest absolute Gasteiger partial charge is 0.305 e. The van der Waals surface area contributed by atoms with Gasteiger partial charge in [-0.2, -0.15) is 0 Å². The zero-order valence-corrected chi connectivity index (χ0v) is 18.0. The van der Waals surface area contributed by atoms with Gasteiger partial charge in [-0.05, 0) is 48.9 Å². The number of hydrogen-bond acceptors (Lipinski definition) is 4. The van der Waals surface area contributed by atoms with E-state index in [0.717, 1.165) is 5.01 Å². The third-order valence-corrected chi connectivity index (χ3v) is 7.20. The summed E-state index contributed by atoms with van der Waals surface area (Å²) in [6.07, 6.45) is 0. The number of thiazole rings is 1. The molecule has 1 unspecified atom stereocenters. The Balaban J connectivity index is 2.49. The molecule has 4 N–H and O–H groups in total. The molecule has 0 aliphatic carbocycles. The second-order valence-corrected chi connectivity index (χ2v) is 10.3. The van der Waals surface area contributed by atoms with Crippen molar-refractivity contribution in [3.05, 3.63) is 39.8 Å². The minimum Gasteiger partial charge on any atom is -0.305 e. The molecular weight excluding hydrogens is 385 g/mol. The van der Waals surface area contributed by atoms with Crippen LogP contribution in [-0.4, -0.2) is 11.0 Å². The molecule has 0 saturated heterocycles. The molecule has 0 aliphatic heterocycles. The monoisotopic (exact) mass is 411 g/mol. The van der Waals surface area contributed by atoms with Gasteiger partial charge in [-0.3, -0.25) is 9.92 Å². The lowest BCUT2D eigenvalue weighted by atomic mass is 9.92. The fourth-order valence-electron chi connectivity index (χ4n) is 2.81. The molecule has 1 aromatic carbocycles. The molecule has 1 aromatic heterocycles. The van der Waals surface area contributed by atoms with Gasteiger partial charge in [-0.15, -0.1) is 15.7 Å². The van der Waals surface area contributed by atoms with Crippen molar-refractivity contribution >= 4 is 32.9 Å². The van der Waals surface area contributed by atoms with Gasteiger partial charge in [-0.25, -0.2) is 14.2 Å². The summed E-state index contributed by atoms with van der Waals surface area (Å²) >= 11 is 1.28. The van der Waals surface area contributed by atoms with Crippen LogP contribution in [0.3, 0.4) is 0 Å². The number of carbonyl (C=O) groups is 1. The number of urea groups is 1. The summed E-state index contributed by atoms with van der Waals surface area (Å²) in [6.45, 7) is 11.3. The first-order valence-corrected chi connectivity index (χ1v) is 11.1. The van der Waals surface area contributed by atoms with Crippen LogP contribution in [0.15, 0.2) is 20.7 Å². The van der Waals surface area contributed by atoms with E-state index in [9.17, 15) is 9.18 Å². The third-order valence-electron chi connectivity index (χ3n) is 4.01. The van der Waals surface area contributed by atoms with Crippen LogP contribution in [0.1, 0.15) is 61.4 Å². The van der Waals surface area contributed by atoms with E-state index in [1.807, 2.05) is 34.6 Å². The minimum atomic E-state index is -2.92. The number of nitrogens with one attached hydrogen (secondary N) is 2. The molecule has 2 aromatic rings. The summed E-state index contributed by atoms with van der Waals surface area (Å²) in [6, 6.07) is 2.14. The molecule has 9 heteroatoms. The van der Waals surface area contributed by atoms with Gasteiger partial charge in [0, 0.05) is 15.5 Å². The van der Waals surface area contributed by atoms with Gasteiger partial charge in [0.2, 0.25) is 0 Å². The normalized spacial score (nSPS) is 13.7. The van der Waals surface area contributed by atoms with Gasteiger partial charge in [0.1, 0.15) is 10.0 Å². The molecule has 2 amide bonds. The SMILES string of the molecule is Cc1nc(C)c(S(=N)(N)=NC(=O)Nc2c(C(C)C)cc(F)cc2C(C)C)s1. The first-order valence-electron chi connectivity index (χ1n) is 8.59. The van der Waals surface area contributed by atoms with Crippen LogP contribution < -0.4 is 10.5 Å². The molecule has 6 nitrogen and oxygen atoms in total. The summed E-state index contributed by atoms with van der Waals surface area (Å²) in [5.41, 5.74) is 2.54. The summed E-state index contributed by atoms with van der Waals surface area (Å²) in [5.74, 6) is -0.330. The number of rotatable bonds is 4. The molecule has 0 spiro atoms. The number of benzene rings is 1. The lowest BCUT2D eigenvalue weighted by Crippen LogP contribution is -2.18. The highest BCUT2D eigenvalue weighted by molar-refractivity contribution is 7.94. The van der Waals surface area contributed by atoms with Crippen molar-refractivity contribution < 1.29 is 9.18 Å².